The second-order valence-corrected chi connectivity index (χ2v) is 16.5. The molecule has 0 amide bonds. The lowest BCUT2D eigenvalue weighted by atomic mass is 10.2. The van der Waals surface area contributed by atoms with Crippen LogP contribution in [0.25, 0.3) is 0 Å². The summed E-state index contributed by atoms with van der Waals surface area (Å²) in [6.45, 7) is 13.3. The maximum absolute atomic E-state index is 5.90. The fourth-order valence-corrected chi connectivity index (χ4v) is 3.40. The van der Waals surface area contributed by atoms with Crippen molar-refractivity contribution in [2.75, 3.05) is 4.98 Å². The van der Waals surface area contributed by atoms with Gasteiger partial charge in [0.05, 0.1) is 0 Å². The number of aromatic nitrogens is 2. The minimum Gasteiger partial charge on any atom is -0.518 e. The van der Waals surface area contributed by atoms with Gasteiger partial charge in [-0.15, -0.1) is 0 Å². The summed E-state index contributed by atoms with van der Waals surface area (Å²) in [6.07, 6.45) is 4.48. The van der Waals surface area contributed by atoms with Crippen molar-refractivity contribution < 1.29 is 4.43 Å². The van der Waals surface area contributed by atoms with Crippen molar-refractivity contribution in [1.82, 2.24) is 9.97 Å². The van der Waals surface area contributed by atoms with E-state index in [1.165, 1.54) is 18.4 Å². The molecule has 0 bridgehead atoms. The summed E-state index contributed by atoms with van der Waals surface area (Å²) in [4.78, 5) is 12.6. The third-order valence-corrected chi connectivity index (χ3v) is 4.48. The zero-order valence-electron chi connectivity index (χ0n) is 12.9. The minimum atomic E-state index is -1.65. The first-order valence-corrected chi connectivity index (χ1v) is 13.9. The van der Waals surface area contributed by atoms with Gasteiger partial charge in [0.15, 0.2) is 0 Å². The molecule has 0 atom stereocenters. The summed E-state index contributed by atoms with van der Waals surface area (Å²) in [7, 11) is -3.06. The Labute approximate surface area is 118 Å². The third-order valence-electron chi connectivity index (χ3n) is 2.70. The van der Waals surface area contributed by atoms with Crippen molar-refractivity contribution >= 4 is 22.4 Å². The normalized spacial score (nSPS) is 16.3. The number of nitrogens with one attached hydrogen (secondary N) is 1. The highest BCUT2D eigenvalue weighted by atomic mass is 28.4. The molecule has 1 aromatic heterocycles. The molecule has 1 aromatic rings. The molecule has 1 aliphatic rings. The largest absolute Gasteiger partial charge is 0.518 e. The van der Waals surface area contributed by atoms with Crippen LogP contribution < -0.4 is 9.41 Å². The highest BCUT2D eigenvalue weighted by molar-refractivity contribution is 6.79. The molecule has 0 aromatic carbocycles. The van der Waals surface area contributed by atoms with Crippen LogP contribution in [0.15, 0.2) is 6.20 Å². The van der Waals surface area contributed by atoms with Crippen LogP contribution >= 0.6 is 0 Å². The summed E-state index contributed by atoms with van der Waals surface area (Å²) in [5.74, 6) is 1.66. The molecule has 0 radical (unpaired) electrons. The van der Waals surface area contributed by atoms with Crippen molar-refractivity contribution in [3.05, 3.63) is 11.8 Å². The standard InChI is InChI=1S/C13H25N3OSi2/c1-18(2,3)16-12-11(10-7-8-10)9-14-13(15-12)17-19(4,5)6/h9-10H,7-8H2,1-6H3,(H,14,15,16). The average molecular weight is 296 g/mol. The predicted octanol–water partition coefficient (Wildman–Crippen LogP) is 3.81. The van der Waals surface area contributed by atoms with Crippen LogP contribution in [0.3, 0.4) is 0 Å². The van der Waals surface area contributed by atoms with Crippen molar-refractivity contribution in [1.29, 1.82) is 0 Å². The molecule has 4 nitrogen and oxygen atoms in total. The molecule has 19 heavy (non-hydrogen) atoms. The van der Waals surface area contributed by atoms with Gasteiger partial charge in [-0.25, -0.2) is 4.98 Å². The molecular weight excluding hydrogens is 270 g/mol. The first-order valence-electron chi connectivity index (χ1n) is 6.98. The molecular formula is C13H25N3OSi2. The van der Waals surface area contributed by atoms with Gasteiger partial charge < -0.3 is 9.41 Å². The van der Waals surface area contributed by atoms with E-state index in [1.807, 2.05) is 6.20 Å². The van der Waals surface area contributed by atoms with E-state index in [2.05, 4.69) is 54.2 Å². The summed E-state index contributed by atoms with van der Waals surface area (Å²) >= 11 is 0. The summed E-state index contributed by atoms with van der Waals surface area (Å²) in [5.41, 5.74) is 1.27. The molecule has 6 heteroatoms. The fraction of sp³-hybridized carbons (Fsp3) is 0.692. The van der Waals surface area contributed by atoms with E-state index in [0.29, 0.717) is 11.9 Å². The maximum Gasteiger partial charge on any atom is 0.304 e. The van der Waals surface area contributed by atoms with Gasteiger partial charge in [0.2, 0.25) is 8.32 Å². The van der Waals surface area contributed by atoms with E-state index in [0.717, 1.165) is 5.82 Å². The smallest absolute Gasteiger partial charge is 0.304 e. The third kappa shape index (κ3) is 4.61. The van der Waals surface area contributed by atoms with Crippen molar-refractivity contribution in [3.8, 4) is 6.01 Å². The van der Waals surface area contributed by atoms with Gasteiger partial charge in [-0.1, -0.05) is 19.6 Å². The van der Waals surface area contributed by atoms with Gasteiger partial charge in [-0.2, -0.15) is 4.98 Å². The number of rotatable bonds is 5. The lowest BCUT2D eigenvalue weighted by Gasteiger charge is -2.23. The van der Waals surface area contributed by atoms with E-state index in [9.17, 15) is 0 Å². The van der Waals surface area contributed by atoms with E-state index in [1.54, 1.807) is 0 Å². The fourth-order valence-electron chi connectivity index (χ4n) is 1.85. The van der Waals surface area contributed by atoms with Crippen molar-refractivity contribution in [2.45, 2.75) is 58.0 Å². The van der Waals surface area contributed by atoms with E-state index in [-0.39, 0.29) is 0 Å². The molecule has 1 N–H and O–H groups in total. The van der Waals surface area contributed by atoms with E-state index < -0.39 is 16.6 Å². The van der Waals surface area contributed by atoms with Crippen LogP contribution in [0.4, 0.5) is 5.82 Å². The SMILES string of the molecule is C[Si](C)(C)Nc1nc(O[Si](C)(C)C)ncc1C1CC1. The lowest BCUT2D eigenvalue weighted by Crippen LogP contribution is -2.34. The summed E-state index contributed by atoms with van der Waals surface area (Å²) in [5, 5.41) is 0. The molecule has 0 spiro atoms. The van der Waals surface area contributed by atoms with Gasteiger partial charge >= 0.3 is 6.01 Å². The van der Waals surface area contributed by atoms with E-state index in [4.69, 9.17) is 4.43 Å². The lowest BCUT2D eigenvalue weighted by molar-refractivity contribution is 0.509. The Balaban J connectivity index is 2.27. The molecule has 0 aliphatic heterocycles. The first kappa shape index (κ1) is 14.5. The zero-order chi connectivity index (χ0) is 14.3. The highest BCUT2D eigenvalue weighted by Gasteiger charge is 2.30. The topological polar surface area (TPSA) is 47.0 Å². The van der Waals surface area contributed by atoms with Gasteiger partial charge in [-0.3, -0.25) is 0 Å². The Morgan fingerprint density at radius 2 is 1.79 bits per heavy atom. The van der Waals surface area contributed by atoms with Crippen LogP contribution in [0.2, 0.25) is 39.3 Å². The molecule has 1 aliphatic carbocycles. The van der Waals surface area contributed by atoms with Crippen LogP contribution in [-0.4, -0.2) is 26.5 Å². The van der Waals surface area contributed by atoms with Gasteiger partial charge in [0.25, 0.3) is 0 Å². The van der Waals surface area contributed by atoms with Crippen LogP contribution in [0.5, 0.6) is 6.01 Å². The zero-order valence-corrected chi connectivity index (χ0v) is 14.9. The Bertz CT molecular complexity index is 462. The number of hydrogen-bond acceptors (Lipinski definition) is 4. The summed E-state index contributed by atoms with van der Waals surface area (Å²) in [6, 6.07) is 0.532. The molecule has 0 saturated heterocycles. The van der Waals surface area contributed by atoms with Crippen molar-refractivity contribution in [3.63, 3.8) is 0 Å². The second kappa shape index (κ2) is 4.90. The van der Waals surface area contributed by atoms with Gasteiger partial charge in [-0.05, 0) is 38.4 Å². The molecule has 106 valence electrons. The Hall–Kier alpha value is -0.886. The first-order chi connectivity index (χ1) is 8.64. The maximum atomic E-state index is 5.90. The van der Waals surface area contributed by atoms with Gasteiger partial charge in [0.1, 0.15) is 14.1 Å². The quantitative estimate of drug-likeness (QED) is 0.839. The van der Waals surface area contributed by atoms with Crippen LogP contribution in [-0.2, 0) is 0 Å². The van der Waals surface area contributed by atoms with Crippen LogP contribution in [0.1, 0.15) is 24.3 Å². The molecule has 2 rings (SSSR count). The number of anilines is 1. The van der Waals surface area contributed by atoms with Gasteiger partial charge in [0, 0.05) is 11.8 Å². The summed E-state index contributed by atoms with van der Waals surface area (Å²) < 4.78 is 5.90. The Morgan fingerprint density at radius 3 is 2.26 bits per heavy atom. The van der Waals surface area contributed by atoms with Crippen LogP contribution in [0, 0.1) is 0 Å². The van der Waals surface area contributed by atoms with E-state index >= 15 is 0 Å². The molecule has 1 fully saturated rings. The minimum absolute atomic E-state index is 0.532. The number of hydrogen-bond donors (Lipinski definition) is 1. The molecule has 0 unspecified atom stereocenters. The number of nitrogens with zero attached hydrogens (tertiary/aromatic N) is 2. The average Bonchev–Trinajstić information content (AvgIpc) is 2.95. The van der Waals surface area contributed by atoms with Crippen molar-refractivity contribution in [2.24, 2.45) is 0 Å². The molecule has 1 saturated carbocycles. The Kier molecular flexibility index (Phi) is 3.75. The predicted molar refractivity (Wildman–Crippen MR) is 84.9 cm³/mol. The Morgan fingerprint density at radius 1 is 1.16 bits per heavy atom. The highest BCUT2D eigenvalue weighted by Crippen LogP contribution is 2.43. The second-order valence-electron chi connectivity index (χ2n) is 7.32. The molecule has 1 heterocycles. The monoisotopic (exact) mass is 295 g/mol.